The number of carbonyl (C=O) groups is 2. The van der Waals surface area contributed by atoms with Crippen molar-refractivity contribution in [2.24, 2.45) is 0 Å². The molecule has 1 fully saturated rings. The summed E-state index contributed by atoms with van der Waals surface area (Å²) in [7, 11) is -3.07. The molecule has 1 atom stereocenters. The van der Waals surface area contributed by atoms with Gasteiger partial charge in [-0.05, 0) is 35.2 Å². The Bertz CT molecular complexity index is 944. The van der Waals surface area contributed by atoms with Gasteiger partial charge >= 0.3 is 0 Å². The number of likely N-dealkylation sites (N-methyl/N-ethyl adjacent to an activating group) is 1. The summed E-state index contributed by atoms with van der Waals surface area (Å²) >= 11 is 2.82. The Labute approximate surface area is 177 Å². The van der Waals surface area contributed by atoms with Crippen LogP contribution in [0.2, 0.25) is 0 Å². The van der Waals surface area contributed by atoms with Crippen LogP contribution in [0, 0.1) is 0 Å². The molecule has 1 N–H and O–H groups in total. The highest BCUT2D eigenvalue weighted by atomic mass is 32.2. The number of amides is 2. The molecule has 1 aliphatic rings. The van der Waals surface area contributed by atoms with Crippen LogP contribution in [0.15, 0.2) is 22.7 Å². The van der Waals surface area contributed by atoms with Gasteiger partial charge in [0.25, 0.3) is 0 Å². The summed E-state index contributed by atoms with van der Waals surface area (Å²) < 4.78 is 24.6. The van der Waals surface area contributed by atoms with Crippen LogP contribution in [0.5, 0.6) is 0 Å². The lowest BCUT2D eigenvalue weighted by Gasteiger charge is -2.21. The molecule has 3 heterocycles. The Morgan fingerprint density at radius 2 is 2.28 bits per heavy atom. The largest absolute Gasteiger partial charge is 0.351 e. The molecule has 1 aliphatic heterocycles. The van der Waals surface area contributed by atoms with E-state index in [1.165, 1.54) is 16.7 Å². The molecule has 158 valence electrons. The fourth-order valence-electron chi connectivity index (χ4n) is 2.90. The molecule has 2 amide bonds. The number of thiophene rings is 1. The van der Waals surface area contributed by atoms with Crippen molar-refractivity contribution in [2.45, 2.75) is 31.1 Å². The fourth-order valence-corrected chi connectivity index (χ4v) is 6.04. The van der Waals surface area contributed by atoms with Crippen LogP contribution in [-0.4, -0.2) is 81.7 Å². The second kappa shape index (κ2) is 9.67. The van der Waals surface area contributed by atoms with Gasteiger partial charge in [0.2, 0.25) is 17.0 Å². The summed E-state index contributed by atoms with van der Waals surface area (Å²) in [6, 6.07) is 3.56. The molecular weight excluding hydrogens is 436 g/mol. The molecule has 0 unspecified atom stereocenters. The van der Waals surface area contributed by atoms with E-state index in [1.54, 1.807) is 22.9 Å². The predicted molar refractivity (Wildman–Crippen MR) is 109 cm³/mol. The maximum atomic E-state index is 12.5. The van der Waals surface area contributed by atoms with Crippen molar-refractivity contribution in [3.05, 3.63) is 22.4 Å². The Hall–Kier alpha value is -1.99. The molecule has 2 aromatic rings. The van der Waals surface area contributed by atoms with E-state index in [9.17, 15) is 18.0 Å². The van der Waals surface area contributed by atoms with Gasteiger partial charge in [-0.1, -0.05) is 17.8 Å². The van der Waals surface area contributed by atoms with Crippen LogP contribution in [0.3, 0.4) is 0 Å². The summed E-state index contributed by atoms with van der Waals surface area (Å²) in [5.74, 6) is -0.413. The predicted octanol–water partition coefficient (Wildman–Crippen LogP) is 0.0268. The van der Waals surface area contributed by atoms with Gasteiger partial charge in [-0.3, -0.25) is 9.59 Å². The summed E-state index contributed by atoms with van der Waals surface area (Å²) in [6.07, 6.45) is 0.414. The Morgan fingerprint density at radius 3 is 2.93 bits per heavy atom. The molecule has 29 heavy (non-hydrogen) atoms. The van der Waals surface area contributed by atoms with Crippen molar-refractivity contribution in [2.75, 3.05) is 30.3 Å². The van der Waals surface area contributed by atoms with Gasteiger partial charge in [-0.15, -0.1) is 16.4 Å². The number of carbonyl (C=O) groups excluding carboxylic acids is 2. The number of hydrogen-bond acceptors (Lipinski definition) is 9. The summed E-state index contributed by atoms with van der Waals surface area (Å²) in [4.78, 5) is 27.3. The van der Waals surface area contributed by atoms with E-state index < -0.39 is 9.84 Å². The van der Waals surface area contributed by atoms with Gasteiger partial charge in [0, 0.05) is 17.5 Å². The lowest BCUT2D eigenvalue weighted by Crippen LogP contribution is -2.45. The molecule has 2 aromatic heterocycles. The number of aromatic nitrogens is 4. The molecule has 1 saturated heterocycles. The van der Waals surface area contributed by atoms with E-state index in [1.807, 2.05) is 17.5 Å². The van der Waals surface area contributed by atoms with E-state index in [0.717, 1.165) is 4.88 Å². The number of sulfone groups is 1. The van der Waals surface area contributed by atoms with Gasteiger partial charge in [0.05, 0.1) is 30.3 Å². The Morgan fingerprint density at radius 1 is 1.45 bits per heavy atom. The summed E-state index contributed by atoms with van der Waals surface area (Å²) in [6.45, 7) is 2.59. The van der Waals surface area contributed by atoms with Gasteiger partial charge < -0.3 is 10.2 Å². The minimum Gasteiger partial charge on any atom is -0.351 e. The third kappa shape index (κ3) is 6.24. The first kappa shape index (κ1) is 21.7. The van der Waals surface area contributed by atoms with E-state index in [-0.39, 0.29) is 41.7 Å². The first-order valence-corrected chi connectivity index (χ1v) is 12.7. The lowest BCUT2D eigenvalue weighted by atomic mass is 10.2. The molecule has 0 saturated carbocycles. The number of nitrogens with zero attached hydrogens (tertiary/aromatic N) is 5. The monoisotopic (exact) mass is 458 g/mol. The third-order valence-corrected chi connectivity index (χ3v) is 7.95. The standard InChI is InChI=1S/C16H22N6O4S3/c1-2-21(9-14(23)17-12-5-7-29(25,26)11-12)15(24)10-28-16-18-19-20-22(16)8-13-4-3-6-27-13/h3-4,6,12H,2,5,7-11H2,1H3,(H,17,23)/t12-/m0/s1. The van der Waals surface area contributed by atoms with E-state index in [2.05, 4.69) is 20.8 Å². The minimum atomic E-state index is -3.07. The number of hydrogen-bond donors (Lipinski definition) is 1. The van der Waals surface area contributed by atoms with Gasteiger partial charge in [0.1, 0.15) is 0 Å². The van der Waals surface area contributed by atoms with E-state index in [4.69, 9.17) is 0 Å². The second-order valence-electron chi connectivity index (χ2n) is 6.56. The molecule has 0 spiro atoms. The van der Waals surface area contributed by atoms with Crippen molar-refractivity contribution in [3.63, 3.8) is 0 Å². The zero-order valence-corrected chi connectivity index (χ0v) is 18.3. The maximum absolute atomic E-state index is 12.5. The number of rotatable bonds is 9. The summed E-state index contributed by atoms with van der Waals surface area (Å²) in [5.41, 5.74) is 0. The maximum Gasteiger partial charge on any atom is 0.239 e. The van der Waals surface area contributed by atoms with Crippen LogP contribution in [0.4, 0.5) is 0 Å². The highest BCUT2D eigenvalue weighted by Crippen LogP contribution is 2.17. The van der Waals surface area contributed by atoms with E-state index >= 15 is 0 Å². The Balaban J connectivity index is 1.49. The molecular formula is C16H22N6O4S3. The highest BCUT2D eigenvalue weighted by Gasteiger charge is 2.29. The van der Waals surface area contributed by atoms with Crippen molar-refractivity contribution >= 4 is 44.8 Å². The zero-order valence-electron chi connectivity index (χ0n) is 15.9. The van der Waals surface area contributed by atoms with Crippen LogP contribution < -0.4 is 5.32 Å². The van der Waals surface area contributed by atoms with Crippen LogP contribution in [0.1, 0.15) is 18.2 Å². The van der Waals surface area contributed by atoms with Gasteiger partial charge in [-0.2, -0.15) is 0 Å². The molecule has 0 bridgehead atoms. The van der Waals surface area contributed by atoms with Crippen molar-refractivity contribution in [3.8, 4) is 0 Å². The average Bonchev–Trinajstić information content (AvgIpc) is 3.40. The smallest absolute Gasteiger partial charge is 0.239 e. The molecule has 0 aliphatic carbocycles. The number of nitrogens with one attached hydrogen (secondary N) is 1. The first-order valence-electron chi connectivity index (χ1n) is 9.05. The molecule has 10 nitrogen and oxygen atoms in total. The zero-order chi connectivity index (χ0) is 20.9. The normalized spacial score (nSPS) is 17.9. The van der Waals surface area contributed by atoms with Crippen molar-refractivity contribution < 1.29 is 18.0 Å². The van der Waals surface area contributed by atoms with Crippen LogP contribution in [-0.2, 0) is 26.0 Å². The van der Waals surface area contributed by atoms with Crippen LogP contribution >= 0.6 is 23.1 Å². The van der Waals surface area contributed by atoms with Gasteiger partial charge in [0.15, 0.2) is 9.84 Å². The van der Waals surface area contributed by atoms with Crippen molar-refractivity contribution in [1.82, 2.24) is 30.4 Å². The number of tetrazole rings is 1. The molecule has 13 heteroatoms. The van der Waals surface area contributed by atoms with Crippen LogP contribution in [0.25, 0.3) is 0 Å². The third-order valence-electron chi connectivity index (χ3n) is 4.38. The second-order valence-corrected chi connectivity index (χ2v) is 10.8. The first-order chi connectivity index (χ1) is 13.9. The van der Waals surface area contributed by atoms with E-state index in [0.29, 0.717) is 24.7 Å². The topological polar surface area (TPSA) is 127 Å². The molecule has 0 radical (unpaired) electrons. The highest BCUT2D eigenvalue weighted by molar-refractivity contribution is 7.99. The molecule has 3 rings (SSSR count). The fraction of sp³-hybridized carbons (Fsp3) is 0.562. The number of thioether (sulfide) groups is 1. The quantitative estimate of drug-likeness (QED) is 0.521. The Kier molecular flexibility index (Phi) is 7.24. The lowest BCUT2D eigenvalue weighted by molar-refractivity contribution is -0.134. The van der Waals surface area contributed by atoms with Gasteiger partial charge in [-0.25, -0.2) is 13.1 Å². The minimum absolute atomic E-state index is 0.0401. The summed E-state index contributed by atoms with van der Waals surface area (Å²) in [5, 5.41) is 16.8. The van der Waals surface area contributed by atoms with Crippen molar-refractivity contribution in [1.29, 1.82) is 0 Å². The SMILES string of the molecule is CCN(CC(=O)N[C@H]1CCS(=O)(=O)C1)C(=O)CSc1nnnn1Cc1cccs1. The average molecular weight is 459 g/mol. The molecule has 0 aromatic carbocycles.